The maximum absolute atomic E-state index is 12.3. The largest absolute Gasteiger partial charge is 0.497 e. The van der Waals surface area contributed by atoms with Crippen LogP contribution >= 0.6 is 0 Å². The number of likely N-dealkylation sites (N-methyl/N-ethyl adjacent to an activating group) is 1. The van der Waals surface area contributed by atoms with Gasteiger partial charge in [0.2, 0.25) is 5.91 Å². The van der Waals surface area contributed by atoms with E-state index in [0.717, 1.165) is 50.2 Å². The summed E-state index contributed by atoms with van der Waals surface area (Å²) in [7, 11) is 1.59. The van der Waals surface area contributed by atoms with E-state index in [4.69, 9.17) is 9.15 Å². The van der Waals surface area contributed by atoms with Crippen LogP contribution in [0.1, 0.15) is 19.4 Å². The molecule has 0 saturated carbocycles. The van der Waals surface area contributed by atoms with Gasteiger partial charge >= 0.3 is 5.63 Å². The highest BCUT2D eigenvalue weighted by atomic mass is 16.5. The van der Waals surface area contributed by atoms with Crippen molar-refractivity contribution < 1.29 is 13.9 Å². The molecule has 7 nitrogen and oxygen atoms in total. The molecule has 1 fully saturated rings. The van der Waals surface area contributed by atoms with Crippen molar-refractivity contribution >= 4 is 16.9 Å². The van der Waals surface area contributed by atoms with E-state index in [1.165, 1.54) is 0 Å². The van der Waals surface area contributed by atoms with Crippen molar-refractivity contribution in [1.82, 2.24) is 14.7 Å². The van der Waals surface area contributed by atoms with E-state index in [1.807, 2.05) is 30.9 Å². The number of ether oxygens (including phenoxy) is 1. The molecular weight excluding hydrogens is 358 g/mol. The molecule has 0 N–H and O–H groups in total. The zero-order valence-corrected chi connectivity index (χ0v) is 16.9. The number of carbonyl (C=O) groups excluding carboxylic acids is 1. The Morgan fingerprint density at radius 2 is 1.79 bits per heavy atom. The number of carbonyl (C=O) groups is 1. The highest BCUT2D eigenvalue weighted by Gasteiger charge is 2.21. The molecule has 0 bridgehead atoms. The van der Waals surface area contributed by atoms with Gasteiger partial charge in [-0.2, -0.15) is 0 Å². The first-order chi connectivity index (χ1) is 13.5. The molecule has 1 aromatic heterocycles. The molecule has 7 heteroatoms. The van der Waals surface area contributed by atoms with Gasteiger partial charge in [0.1, 0.15) is 11.3 Å². The van der Waals surface area contributed by atoms with Crippen molar-refractivity contribution in [2.75, 3.05) is 52.9 Å². The minimum atomic E-state index is -0.348. The zero-order chi connectivity index (χ0) is 20.1. The summed E-state index contributed by atoms with van der Waals surface area (Å²) in [6.45, 7) is 10.1. The molecule has 2 heterocycles. The number of methoxy groups -OCH3 is 1. The Labute approximate surface area is 165 Å². The summed E-state index contributed by atoms with van der Waals surface area (Å²) in [5.74, 6) is 0.860. The number of piperazine rings is 1. The second-order valence-electron chi connectivity index (χ2n) is 7.07. The Kier molecular flexibility index (Phi) is 6.70. The molecule has 1 aliphatic heterocycles. The summed E-state index contributed by atoms with van der Waals surface area (Å²) >= 11 is 0. The van der Waals surface area contributed by atoms with Crippen LogP contribution in [0.2, 0.25) is 0 Å². The standard InChI is InChI=1S/C21H29N3O4/c1-4-24(5-2)20(25)15-23-10-8-22(9-11-23)14-16-12-21(26)28-19-13-17(27-3)6-7-18(16)19/h6-7,12-13H,4-5,8-11,14-15H2,1-3H3. The number of nitrogens with zero attached hydrogens (tertiary/aromatic N) is 3. The molecule has 3 rings (SSSR count). The fourth-order valence-corrected chi connectivity index (χ4v) is 3.68. The third-order valence-corrected chi connectivity index (χ3v) is 5.37. The van der Waals surface area contributed by atoms with Gasteiger partial charge in [-0.25, -0.2) is 4.79 Å². The number of benzene rings is 1. The minimum Gasteiger partial charge on any atom is -0.497 e. The van der Waals surface area contributed by atoms with E-state index in [1.54, 1.807) is 19.2 Å². The number of hydrogen-bond donors (Lipinski definition) is 0. The Morgan fingerprint density at radius 3 is 2.43 bits per heavy atom. The third kappa shape index (κ3) is 4.72. The van der Waals surface area contributed by atoms with Crippen molar-refractivity contribution in [3.63, 3.8) is 0 Å². The van der Waals surface area contributed by atoms with Crippen molar-refractivity contribution in [3.8, 4) is 5.75 Å². The van der Waals surface area contributed by atoms with Crippen molar-refractivity contribution in [1.29, 1.82) is 0 Å². The van der Waals surface area contributed by atoms with Crippen LogP contribution in [0.15, 0.2) is 33.5 Å². The lowest BCUT2D eigenvalue weighted by molar-refractivity contribution is -0.132. The zero-order valence-electron chi connectivity index (χ0n) is 16.9. The van der Waals surface area contributed by atoms with Crippen LogP contribution < -0.4 is 10.4 Å². The lowest BCUT2D eigenvalue weighted by Gasteiger charge is -2.35. The predicted octanol–water partition coefficient (Wildman–Crippen LogP) is 1.79. The molecule has 0 unspecified atom stereocenters. The molecular formula is C21H29N3O4. The first kappa shape index (κ1) is 20.4. The fourth-order valence-electron chi connectivity index (χ4n) is 3.68. The molecule has 0 aliphatic carbocycles. The lowest BCUT2D eigenvalue weighted by Crippen LogP contribution is -2.49. The molecule has 0 spiro atoms. The number of rotatable bonds is 7. The summed E-state index contributed by atoms with van der Waals surface area (Å²) in [6, 6.07) is 7.14. The maximum Gasteiger partial charge on any atom is 0.336 e. The summed E-state index contributed by atoms with van der Waals surface area (Å²) < 4.78 is 10.6. The van der Waals surface area contributed by atoms with E-state index in [2.05, 4.69) is 9.80 Å². The Bertz CT molecular complexity index is 868. The number of amides is 1. The molecule has 0 radical (unpaired) electrons. The molecule has 28 heavy (non-hydrogen) atoms. The first-order valence-electron chi connectivity index (χ1n) is 9.87. The number of hydrogen-bond acceptors (Lipinski definition) is 6. The van der Waals surface area contributed by atoms with E-state index in [9.17, 15) is 9.59 Å². The second kappa shape index (κ2) is 9.21. The molecule has 1 amide bonds. The van der Waals surface area contributed by atoms with E-state index < -0.39 is 0 Å². The fraction of sp³-hybridized carbons (Fsp3) is 0.524. The lowest BCUT2D eigenvalue weighted by atomic mass is 10.1. The molecule has 0 atom stereocenters. The summed E-state index contributed by atoms with van der Waals surface area (Å²) in [5.41, 5.74) is 1.16. The maximum atomic E-state index is 12.3. The quantitative estimate of drug-likeness (QED) is 0.675. The molecule has 1 saturated heterocycles. The Hall–Kier alpha value is -2.38. The highest BCUT2D eigenvalue weighted by molar-refractivity contribution is 5.81. The highest BCUT2D eigenvalue weighted by Crippen LogP contribution is 2.23. The van der Waals surface area contributed by atoms with Gasteiger partial charge in [-0.15, -0.1) is 0 Å². The number of fused-ring (bicyclic) bond motifs is 1. The average molecular weight is 387 g/mol. The Balaban J connectivity index is 1.63. The first-order valence-corrected chi connectivity index (χ1v) is 9.87. The third-order valence-electron chi connectivity index (χ3n) is 5.37. The summed E-state index contributed by atoms with van der Waals surface area (Å²) in [4.78, 5) is 30.7. The van der Waals surface area contributed by atoms with Gasteiger partial charge in [-0.05, 0) is 31.5 Å². The van der Waals surface area contributed by atoms with Gasteiger partial charge in [-0.1, -0.05) is 0 Å². The van der Waals surface area contributed by atoms with E-state index in [0.29, 0.717) is 24.4 Å². The van der Waals surface area contributed by atoms with E-state index >= 15 is 0 Å². The van der Waals surface area contributed by atoms with Crippen LogP contribution in [0, 0.1) is 0 Å². The van der Waals surface area contributed by atoms with E-state index in [-0.39, 0.29) is 11.5 Å². The van der Waals surface area contributed by atoms with Crippen LogP contribution in [-0.2, 0) is 11.3 Å². The van der Waals surface area contributed by atoms with Crippen LogP contribution in [0.3, 0.4) is 0 Å². The normalized spacial score (nSPS) is 15.7. The topological polar surface area (TPSA) is 66.2 Å². The summed E-state index contributed by atoms with van der Waals surface area (Å²) in [6.07, 6.45) is 0. The van der Waals surface area contributed by atoms with Gasteiger partial charge in [0.05, 0.1) is 13.7 Å². The SMILES string of the molecule is CCN(CC)C(=O)CN1CCN(Cc2cc(=O)oc3cc(OC)ccc23)CC1. The van der Waals surface area contributed by atoms with Crippen LogP contribution in [0.4, 0.5) is 0 Å². The minimum absolute atomic E-state index is 0.194. The van der Waals surface area contributed by atoms with Crippen LogP contribution in [0.25, 0.3) is 11.0 Å². The molecule has 152 valence electrons. The summed E-state index contributed by atoms with van der Waals surface area (Å²) in [5, 5.41) is 0.930. The van der Waals surface area contributed by atoms with Crippen molar-refractivity contribution in [2.45, 2.75) is 20.4 Å². The van der Waals surface area contributed by atoms with Crippen molar-refractivity contribution in [3.05, 3.63) is 40.2 Å². The van der Waals surface area contributed by atoms with Crippen molar-refractivity contribution in [2.24, 2.45) is 0 Å². The predicted molar refractivity (Wildman–Crippen MR) is 109 cm³/mol. The van der Waals surface area contributed by atoms with Crippen LogP contribution in [0.5, 0.6) is 5.75 Å². The second-order valence-corrected chi connectivity index (χ2v) is 7.07. The average Bonchev–Trinajstić information content (AvgIpc) is 2.69. The monoisotopic (exact) mass is 387 g/mol. The van der Waals surface area contributed by atoms with Gasteiger partial charge in [0.15, 0.2) is 0 Å². The van der Waals surface area contributed by atoms with Gasteiger partial charge < -0.3 is 14.1 Å². The van der Waals surface area contributed by atoms with Gasteiger partial charge in [-0.3, -0.25) is 14.6 Å². The molecule has 2 aromatic rings. The smallest absolute Gasteiger partial charge is 0.336 e. The van der Waals surface area contributed by atoms with Crippen LogP contribution in [-0.4, -0.2) is 73.5 Å². The van der Waals surface area contributed by atoms with Gasteiger partial charge in [0.25, 0.3) is 0 Å². The molecule has 1 aliphatic rings. The molecule has 1 aromatic carbocycles. The van der Waals surface area contributed by atoms with Gasteiger partial charge in [0, 0.05) is 63.3 Å². The Morgan fingerprint density at radius 1 is 1.11 bits per heavy atom.